The summed E-state index contributed by atoms with van der Waals surface area (Å²) in [5.41, 5.74) is 0. The maximum atomic E-state index is 5.37. The van der Waals surface area contributed by atoms with Crippen molar-refractivity contribution < 1.29 is 0 Å². The Morgan fingerprint density at radius 1 is 1.38 bits per heavy atom. The number of nitrogens with two attached hydrogens (primary N) is 1. The van der Waals surface area contributed by atoms with Crippen LogP contribution in [0, 0.1) is 0 Å². The Morgan fingerprint density at radius 2 is 2.00 bits per heavy atom. The van der Waals surface area contributed by atoms with E-state index in [2.05, 4.69) is 6.92 Å². The highest BCUT2D eigenvalue weighted by atomic mass is 15.4. The van der Waals surface area contributed by atoms with Crippen molar-refractivity contribution >= 4 is 0 Å². The first kappa shape index (κ1) is 7.92. The highest BCUT2D eigenvalue weighted by molar-refractivity contribution is 4.40. The summed E-state index contributed by atoms with van der Waals surface area (Å²) in [7, 11) is 1.90. The van der Waals surface area contributed by atoms with Gasteiger partial charge in [0.05, 0.1) is 0 Å². The van der Waals surface area contributed by atoms with E-state index in [0.717, 1.165) is 6.54 Å². The molecule has 0 aromatic rings. The summed E-state index contributed by atoms with van der Waals surface area (Å²) in [4.78, 5) is 0. The van der Waals surface area contributed by atoms with Crippen LogP contribution < -0.4 is 5.84 Å². The topological polar surface area (TPSA) is 29.3 Å². The van der Waals surface area contributed by atoms with Crippen molar-refractivity contribution in [3.63, 3.8) is 0 Å². The van der Waals surface area contributed by atoms with E-state index >= 15 is 0 Å². The molecule has 0 fully saturated rings. The molecule has 2 nitrogen and oxygen atoms in total. The normalized spacial score (nSPS) is 10.5. The molecular formula is C6H16N2. The first-order valence-electron chi connectivity index (χ1n) is 3.23. The Labute approximate surface area is 51.6 Å². The smallest absolute Gasteiger partial charge is 0.0125 e. The van der Waals surface area contributed by atoms with Crippen LogP contribution in [-0.4, -0.2) is 18.6 Å². The predicted octanol–water partition coefficient (Wildman–Crippen LogP) is 0.982. The number of rotatable bonds is 4. The van der Waals surface area contributed by atoms with Gasteiger partial charge in [0.25, 0.3) is 0 Å². The lowest BCUT2D eigenvalue weighted by Crippen LogP contribution is -2.26. The number of nitrogens with zero attached hydrogens (tertiary/aromatic N) is 1. The summed E-state index contributed by atoms with van der Waals surface area (Å²) in [6, 6.07) is 0. The largest absolute Gasteiger partial charge is 0.269 e. The van der Waals surface area contributed by atoms with E-state index in [1.165, 1.54) is 19.3 Å². The Hall–Kier alpha value is -0.0800. The molecule has 0 amide bonds. The molecule has 50 valence electrons. The highest BCUT2D eigenvalue weighted by Crippen LogP contribution is 1.92. The Kier molecular flexibility index (Phi) is 5.01. The predicted molar refractivity (Wildman–Crippen MR) is 36.3 cm³/mol. The molecule has 0 heterocycles. The zero-order valence-electron chi connectivity index (χ0n) is 5.85. The Morgan fingerprint density at radius 3 is 2.38 bits per heavy atom. The summed E-state index contributed by atoms with van der Waals surface area (Å²) in [5, 5.41) is 1.73. The minimum absolute atomic E-state index is 1.02. The van der Waals surface area contributed by atoms with Crippen LogP contribution in [0.15, 0.2) is 0 Å². The van der Waals surface area contributed by atoms with Crippen LogP contribution in [0.5, 0.6) is 0 Å². The molecule has 0 aromatic heterocycles. The van der Waals surface area contributed by atoms with Crippen LogP contribution >= 0.6 is 0 Å². The van der Waals surface area contributed by atoms with Crippen LogP contribution in [0.2, 0.25) is 0 Å². The molecule has 0 spiro atoms. The lowest BCUT2D eigenvalue weighted by Gasteiger charge is -2.06. The third-order valence-electron chi connectivity index (χ3n) is 1.11. The molecule has 0 aromatic carbocycles. The van der Waals surface area contributed by atoms with Crippen molar-refractivity contribution in [1.82, 2.24) is 5.01 Å². The van der Waals surface area contributed by atoms with Gasteiger partial charge in [-0.05, 0) is 6.42 Å². The minimum atomic E-state index is 1.02. The molecule has 2 N–H and O–H groups in total. The van der Waals surface area contributed by atoms with Gasteiger partial charge >= 0.3 is 0 Å². The summed E-state index contributed by atoms with van der Waals surface area (Å²) in [6.45, 7) is 3.21. The van der Waals surface area contributed by atoms with Crippen molar-refractivity contribution in [3.8, 4) is 0 Å². The molecule has 0 aliphatic carbocycles. The lowest BCUT2D eigenvalue weighted by atomic mass is 10.2. The van der Waals surface area contributed by atoms with Gasteiger partial charge in [-0.2, -0.15) is 0 Å². The molecule has 0 saturated carbocycles. The van der Waals surface area contributed by atoms with Gasteiger partial charge in [-0.3, -0.25) is 10.9 Å². The third kappa shape index (κ3) is 5.92. The second kappa shape index (κ2) is 5.06. The van der Waals surface area contributed by atoms with Crippen LogP contribution in [0.3, 0.4) is 0 Å². The van der Waals surface area contributed by atoms with E-state index in [1.54, 1.807) is 5.01 Å². The summed E-state index contributed by atoms with van der Waals surface area (Å²) >= 11 is 0. The maximum absolute atomic E-state index is 5.37. The quantitative estimate of drug-likeness (QED) is 0.337. The average molecular weight is 116 g/mol. The van der Waals surface area contributed by atoms with E-state index in [4.69, 9.17) is 5.84 Å². The van der Waals surface area contributed by atoms with Crippen molar-refractivity contribution in [2.24, 2.45) is 5.84 Å². The Balaban J connectivity index is 2.72. The second-order valence-electron chi connectivity index (χ2n) is 2.19. The standard InChI is InChI=1S/C6H16N2/c1-3-4-5-6-8(2)7/h3-7H2,1-2H3. The molecule has 8 heavy (non-hydrogen) atoms. The fraction of sp³-hybridized carbons (Fsp3) is 1.00. The SMILES string of the molecule is CCCCCN(C)N. The number of hydrazine groups is 1. The number of unbranched alkanes of at least 4 members (excludes halogenated alkanes) is 2. The zero-order valence-corrected chi connectivity index (χ0v) is 5.85. The summed E-state index contributed by atoms with van der Waals surface area (Å²) in [6.07, 6.45) is 3.79. The molecular weight excluding hydrogens is 100 g/mol. The van der Waals surface area contributed by atoms with Gasteiger partial charge in [-0.15, -0.1) is 0 Å². The molecule has 0 saturated heterocycles. The lowest BCUT2D eigenvalue weighted by molar-refractivity contribution is 0.339. The molecule has 0 aliphatic heterocycles. The maximum Gasteiger partial charge on any atom is 0.0125 e. The van der Waals surface area contributed by atoms with E-state index in [-0.39, 0.29) is 0 Å². The van der Waals surface area contributed by atoms with Gasteiger partial charge < -0.3 is 0 Å². The fourth-order valence-electron chi connectivity index (χ4n) is 0.611. The van der Waals surface area contributed by atoms with Crippen molar-refractivity contribution in [2.45, 2.75) is 26.2 Å². The second-order valence-corrected chi connectivity index (χ2v) is 2.19. The van der Waals surface area contributed by atoms with Crippen molar-refractivity contribution in [1.29, 1.82) is 0 Å². The molecule has 0 aliphatic rings. The van der Waals surface area contributed by atoms with Crippen LogP contribution in [0.25, 0.3) is 0 Å². The summed E-state index contributed by atoms with van der Waals surface area (Å²) in [5.74, 6) is 5.37. The van der Waals surface area contributed by atoms with Crippen molar-refractivity contribution in [3.05, 3.63) is 0 Å². The minimum Gasteiger partial charge on any atom is -0.269 e. The molecule has 2 heteroatoms. The van der Waals surface area contributed by atoms with Crippen LogP contribution in [0.4, 0.5) is 0 Å². The zero-order chi connectivity index (χ0) is 6.41. The first-order valence-corrected chi connectivity index (χ1v) is 3.23. The van der Waals surface area contributed by atoms with Crippen LogP contribution in [0.1, 0.15) is 26.2 Å². The third-order valence-corrected chi connectivity index (χ3v) is 1.11. The average Bonchev–Trinajstić information content (AvgIpc) is 1.66. The highest BCUT2D eigenvalue weighted by Gasteiger charge is 1.86. The number of hydrogen-bond acceptors (Lipinski definition) is 2. The van der Waals surface area contributed by atoms with Gasteiger partial charge in [0, 0.05) is 13.6 Å². The van der Waals surface area contributed by atoms with Crippen LogP contribution in [-0.2, 0) is 0 Å². The van der Waals surface area contributed by atoms with E-state index in [1.807, 2.05) is 7.05 Å². The monoisotopic (exact) mass is 116 g/mol. The van der Waals surface area contributed by atoms with Gasteiger partial charge in [0.15, 0.2) is 0 Å². The van der Waals surface area contributed by atoms with E-state index in [9.17, 15) is 0 Å². The number of hydrogen-bond donors (Lipinski definition) is 1. The molecule has 0 bridgehead atoms. The van der Waals surface area contributed by atoms with Gasteiger partial charge in [0.2, 0.25) is 0 Å². The van der Waals surface area contributed by atoms with E-state index in [0.29, 0.717) is 0 Å². The van der Waals surface area contributed by atoms with Gasteiger partial charge in [-0.25, -0.2) is 0 Å². The Bertz CT molecular complexity index is 43.8. The molecule has 0 radical (unpaired) electrons. The first-order chi connectivity index (χ1) is 3.77. The molecule has 0 atom stereocenters. The summed E-state index contributed by atoms with van der Waals surface area (Å²) < 4.78 is 0. The molecule has 0 unspecified atom stereocenters. The fourth-order valence-corrected chi connectivity index (χ4v) is 0.611. The molecule has 0 rings (SSSR count). The van der Waals surface area contributed by atoms with E-state index < -0.39 is 0 Å². The van der Waals surface area contributed by atoms with Crippen molar-refractivity contribution in [2.75, 3.05) is 13.6 Å². The van der Waals surface area contributed by atoms with Gasteiger partial charge in [-0.1, -0.05) is 19.8 Å². The van der Waals surface area contributed by atoms with Gasteiger partial charge in [0.1, 0.15) is 0 Å².